The Balaban J connectivity index is 2.00. The Morgan fingerprint density at radius 2 is 1.84 bits per heavy atom. The van der Waals surface area contributed by atoms with Crippen LogP contribution in [0.4, 0.5) is 5.69 Å². The topological polar surface area (TPSA) is 54.3 Å². The number of amides is 2. The molecule has 2 aromatic rings. The highest BCUT2D eigenvalue weighted by molar-refractivity contribution is 7.80. The first-order valence-corrected chi connectivity index (χ1v) is 8.44. The molecule has 1 aromatic heterocycles. The first kappa shape index (κ1) is 17.1. The molecule has 0 aliphatic carbocycles. The highest BCUT2D eigenvalue weighted by Gasteiger charge is 2.34. The smallest absolute Gasteiger partial charge is 0.270 e. The SMILES string of the molecule is Cc1cc(/C=C2/C(=O)NC(=S)N(c3ccccc3)C2=O)cn1C(C)C. The minimum absolute atomic E-state index is 0.0679. The van der Waals surface area contributed by atoms with Crippen molar-refractivity contribution in [2.75, 3.05) is 4.90 Å². The van der Waals surface area contributed by atoms with Crippen molar-refractivity contribution in [2.45, 2.75) is 26.8 Å². The number of hydrogen-bond acceptors (Lipinski definition) is 3. The summed E-state index contributed by atoms with van der Waals surface area (Å²) >= 11 is 5.18. The highest BCUT2D eigenvalue weighted by Crippen LogP contribution is 2.23. The molecule has 6 heteroatoms. The van der Waals surface area contributed by atoms with Gasteiger partial charge in [0.25, 0.3) is 11.8 Å². The first-order valence-electron chi connectivity index (χ1n) is 8.03. The number of aryl methyl sites for hydroxylation is 1. The Morgan fingerprint density at radius 1 is 1.16 bits per heavy atom. The van der Waals surface area contributed by atoms with Crippen LogP contribution in [0, 0.1) is 6.92 Å². The van der Waals surface area contributed by atoms with Crippen molar-refractivity contribution in [2.24, 2.45) is 0 Å². The molecule has 5 nitrogen and oxygen atoms in total. The molecule has 2 heterocycles. The average Bonchev–Trinajstić information content (AvgIpc) is 2.93. The maximum atomic E-state index is 12.9. The summed E-state index contributed by atoms with van der Waals surface area (Å²) in [4.78, 5) is 26.5. The largest absolute Gasteiger partial charge is 0.349 e. The summed E-state index contributed by atoms with van der Waals surface area (Å²) < 4.78 is 2.09. The number of rotatable bonds is 3. The number of para-hydroxylation sites is 1. The molecule has 1 fully saturated rings. The van der Waals surface area contributed by atoms with Crippen LogP contribution in [0.1, 0.15) is 31.1 Å². The third-order valence-corrected chi connectivity index (χ3v) is 4.34. The monoisotopic (exact) mass is 353 g/mol. The number of nitrogens with zero attached hydrogens (tertiary/aromatic N) is 2. The van der Waals surface area contributed by atoms with Crippen molar-refractivity contribution in [1.29, 1.82) is 0 Å². The lowest BCUT2D eigenvalue weighted by atomic mass is 10.1. The van der Waals surface area contributed by atoms with E-state index < -0.39 is 11.8 Å². The fourth-order valence-electron chi connectivity index (χ4n) is 2.89. The van der Waals surface area contributed by atoms with Crippen LogP contribution in [0.15, 0.2) is 48.2 Å². The Labute approximate surface area is 151 Å². The molecular weight excluding hydrogens is 334 g/mol. The molecular formula is C19H19N3O2S. The second-order valence-corrected chi connectivity index (χ2v) is 6.60. The molecule has 0 saturated carbocycles. The van der Waals surface area contributed by atoms with Gasteiger partial charge in [-0.25, -0.2) is 0 Å². The highest BCUT2D eigenvalue weighted by atomic mass is 32.1. The molecule has 1 aliphatic rings. The van der Waals surface area contributed by atoms with Crippen LogP contribution in [0.25, 0.3) is 6.08 Å². The molecule has 1 N–H and O–H groups in total. The number of thiocarbonyl (C=S) groups is 1. The molecule has 0 unspecified atom stereocenters. The Bertz CT molecular complexity index is 881. The minimum Gasteiger partial charge on any atom is -0.349 e. The number of nitrogens with one attached hydrogen (secondary N) is 1. The molecule has 1 saturated heterocycles. The van der Waals surface area contributed by atoms with Gasteiger partial charge in [-0.3, -0.25) is 19.8 Å². The first-order chi connectivity index (χ1) is 11.9. The number of benzene rings is 1. The zero-order valence-electron chi connectivity index (χ0n) is 14.3. The van der Waals surface area contributed by atoms with Gasteiger partial charge < -0.3 is 4.57 Å². The zero-order valence-corrected chi connectivity index (χ0v) is 15.1. The number of aromatic nitrogens is 1. The van der Waals surface area contributed by atoms with Gasteiger partial charge in [0.15, 0.2) is 5.11 Å². The molecule has 0 atom stereocenters. The summed E-state index contributed by atoms with van der Waals surface area (Å²) in [6, 6.07) is 11.3. The van der Waals surface area contributed by atoms with Gasteiger partial charge in [-0.15, -0.1) is 0 Å². The molecule has 25 heavy (non-hydrogen) atoms. The van der Waals surface area contributed by atoms with Crippen molar-refractivity contribution in [3.05, 3.63) is 59.4 Å². The summed E-state index contributed by atoms with van der Waals surface area (Å²) in [5.74, 6) is -0.896. The van der Waals surface area contributed by atoms with Gasteiger partial charge in [0, 0.05) is 17.9 Å². The van der Waals surface area contributed by atoms with E-state index in [2.05, 4.69) is 23.7 Å². The molecule has 1 aliphatic heterocycles. The van der Waals surface area contributed by atoms with Crippen LogP contribution in [-0.4, -0.2) is 21.5 Å². The van der Waals surface area contributed by atoms with Crippen LogP contribution >= 0.6 is 12.2 Å². The van der Waals surface area contributed by atoms with E-state index in [0.717, 1.165) is 11.3 Å². The van der Waals surface area contributed by atoms with E-state index in [1.165, 1.54) is 4.90 Å². The van der Waals surface area contributed by atoms with Crippen molar-refractivity contribution in [3.63, 3.8) is 0 Å². The van der Waals surface area contributed by atoms with E-state index in [1.807, 2.05) is 37.4 Å². The van der Waals surface area contributed by atoms with Gasteiger partial charge in [0.2, 0.25) is 0 Å². The van der Waals surface area contributed by atoms with E-state index >= 15 is 0 Å². The maximum absolute atomic E-state index is 12.9. The fourth-order valence-corrected chi connectivity index (χ4v) is 3.17. The predicted molar refractivity (Wildman–Crippen MR) is 102 cm³/mol. The van der Waals surface area contributed by atoms with E-state index in [0.29, 0.717) is 11.7 Å². The van der Waals surface area contributed by atoms with Crippen LogP contribution in [0.3, 0.4) is 0 Å². The van der Waals surface area contributed by atoms with E-state index in [1.54, 1.807) is 18.2 Å². The lowest BCUT2D eigenvalue weighted by Gasteiger charge is -2.28. The number of hydrogen-bond donors (Lipinski definition) is 1. The quantitative estimate of drug-likeness (QED) is 0.524. The van der Waals surface area contributed by atoms with Crippen LogP contribution in [-0.2, 0) is 9.59 Å². The van der Waals surface area contributed by atoms with E-state index in [-0.39, 0.29) is 10.7 Å². The van der Waals surface area contributed by atoms with Gasteiger partial charge in [0.1, 0.15) is 5.57 Å². The fraction of sp³-hybridized carbons (Fsp3) is 0.211. The molecule has 0 radical (unpaired) electrons. The summed E-state index contributed by atoms with van der Waals surface area (Å²) in [7, 11) is 0. The van der Waals surface area contributed by atoms with Crippen LogP contribution < -0.4 is 10.2 Å². The molecule has 1 aromatic carbocycles. The minimum atomic E-state index is -0.475. The third-order valence-electron chi connectivity index (χ3n) is 4.05. The number of anilines is 1. The summed E-state index contributed by atoms with van der Waals surface area (Å²) in [5, 5.41) is 2.69. The van der Waals surface area contributed by atoms with Gasteiger partial charge in [0.05, 0.1) is 5.69 Å². The molecule has 0 bridgehead atoms. The number of carbonyl (C=O) groups excluding carboxylic acids is 2. The summed E-state index contributed by atoms with van der Waals surface area (Å²) in [6.45, 7) is 6.16. The van der Waals surface area contributed by atoms with Crippen LogP contribution in [0.5, 0.6) is 0 Å². The normalized spacial score (nSPS) is 16.7. The zero-order chi connectivity index (χ0) is 18.1. The second kappa shape index (κ2) is 6.64. The molecule has 0 spiro atoms. The number of carbonyl (C=O) groups is 2. The average molecular weight is 353 g/mol. The van der Waals surface area contributed by atoms with Crippen molar-refractivity contribution >= 4 is 40.9 Å². The third kappa shape index (κ3) is 3.25. The Morgan fingerprint density at radius 3 is 2.44 bits per heavy atom. The summed E-state index contributed by atoms with van der Waals surface area (Å²) in [6.07, 6.45) is 3.55. The second-order valence-electron chi connectivity index (χ2n) is 6.21. The lowest BCUT2D eigenvalue weighted by molar-refractivity contribution is -0.122. The molecule has 3 rings (SSSR count). The Hall–Kier alpha value is -2.73. The van der Waals surface area contributed by atoms with Crippen LogP contribution in [0.2, 0.25) is 0 Å². The van der Waals surface area contributed by atoms with Gasteiger partial charge >= 0.3 is 0 Å². The predicted octanol–water partition coefficient (Wildman–Crippen LogP) is 3.21. The van der Waals surface area contributed by atoms with Crippen molar-refractivity contribution < 1.29 is 9.59 Å². The lowest BCUT2D eigenvalue weighted by Crippen LogP contribution is -2.54. The van der Waals surface area contributed by atoms with Crippen molar-refractivity contribution in [1.82, 2.24) is 9.88 Å². The summed E-state index contributed by atoms with van der Waals surface area (Å²) in [5.41, 5.74) is 2.57. The van der Waals surface area contributed by atoms with Gasteiger partial charge in [-0.1, -0.05) is 18.2 Å². The standard InChI is InChI=1S/C19H19N3O2S/c1-12(2)21-11-14(9-13(21)3)10-16-17(23)20-19(25)22(18(16)24)15-7-5-4-6-8-15/h4-12H,1-3H3,(H,20,23,25)/b16-10-. The van der Waals surface area contributed by atoms with Gasteiger partial charge in [-0.05, 0) is 62.8 Å². The van der Waals surface area contributed by atoms with E-state index in [9.17, 15) is 9.59 Å². The van der Waals surface area contributed by atoms with Gasteiger partial charge in [-0.2, -0.15) is 0 Å². The molecule has 2 amide bonds. The Kier molecular flexibility index (Phi) is 4.55. The van der Waals surface area contributed by atoms with Crippen molar-refractivity contribution in [3.8, 4) is 0 Å². The van der Waals surface area contributed by atoms with E-state index in [4.69, 9.17) is 12.2 Å². The molecule has 128 valence electrons. The maximum Gasteiger partial charge on any atom is 0.270 e.